The zero-order chi connectivity index (χ0) is 14.4. The molecule has 0 spiro atoms. The predicted molar refractivity (Wildman–Crippen MR) is 87.6 cm³/mol. The Bertz CT molecular complexity index is 448. The molecule has 1 aromatic carbocycles. The summed E-state index contributed by atoms with van der Waals surface area (Å²) >= 11 is 3.75. The van der Waals surface area contributed by atoms with Gasteiger partial charge >= 0.3 is 5.97 Å². The zero-order valence-corrected chi connectivity index (χ0v) is 13.8. The number of carbonyl (C=O) groups is 1. The topological polar surface area (TPSA) is 26.3 Å². The minimum atomic E-state index is -0.111. The summed E-state index contributed by atoms with van der Waals surface area (Å²) in [7, 11) is 1.46. The molecule has 1 fully saturated rings. The van der Waals surface area contributed by atoms with Crippen LogP contribution in [0.5, 0.6) is 0 Å². The van der Waals surface area contributed by atoms with Crippen molar-refractivity contribution in [1.29, 1.82) is 0 Å². The maximum atomic E-state index is 11.3. The van der Waals surface area contributed by atoms with E-state index in [0.717, 1.165) is 0 Å². The van der Waals surface area contributed by atoms with Crippen molar-refractivity contribution in [2.75, 3.05) is 12.9 Å². The van der Waals surface area contributed by atoms with Crippen molar-refractivity contribution in [3.63, 3.8) is 0 Å². The van der Waals surface area contributed by atoms with Crippen LogP contribution >= 0.6 is 23.5 Å². The van der Waals surface area contributed by atoms with Gasteiger partial charge in [-0.05, 0) is 31.4 Å². The van der Waals surface area contributed by atoms with Crippen LogP contribution in [0.4, 0.5) is 0 Å². The summed E-state index contributed by atoms with van der Waals surface area (Å²) in [6, 6.07) is 8.57. The highest BCUT2D eigenvalue weighted by atomic mass is 32.2. The number of thioether (sulfide) groups is 2. The minimum Gasteiger partial charge on any atom is -0.468 e. The van der Waals surface area contributed by atoms with Crippen molar-refractivity contribution in [2.24, 2.45) is 0 Å². The fourth-order valence-electron chi connectivity index (χ4n) is 2.47. The molecule has 0 saturated heterocycles. The van der Waals surface area contributed by atoms with Crippen molar-refractivity contribution in [2.45, 2.75) is 48.0 Å². The number of rotatable bonds is 5. The van der Waals surface area contributed by atoms with Gasteiger partial charge in [0.25, 0.3) is 0 Å². The van der Waals surface area contributed by atoms with Gasteiger partial charge in [-0.1, -0.05) is 31.0 Å². The van der Waals surface area contributed by atoms with Gasteiger partial charge in [-0.3, -0.25) is 4.79 Å². The lowest BCUT2D eigenvalue weighted by Crippen LogP contribution is -2.26. The second-order valence-electron chi connectivity index (χ2n) is 5.13. The summed E-state index contributed by atoms with van der Waals surface area (Å²) in [6.07, 6.45) is 5.05. The lowest BCUT2D eigenvalue weighted by atomic mass is 10.00. The third kappa shape index (κ3) is 4.45. The van der Waals surface area contributed by atoms with Crippen LogP contribution in [0, 0.1) is 6.92 Å². The maximum Gasteiger partial charge on any atom is 0.315 e. The number of benzene rings is 1. The second kappa shape index (κ2) is 7.99. The van der Waals surface area contributed by atoms with Crippen molar-refractivity contribution in [3.05, 3.63) is 29.8 Å². The van der Waals surface area contributed by atoms with Gasteiger partial charge in [0.2, 0.25) is 0 Å². The number of methoxy groups -OCH3 is 1. The van der Waals surface area contributed by atoms with Gasteiger partial charge in [0, 0.05) is 15.4 Å². The van der Waals surface area contributed by atoms with E-state index in [0.29, 0.717) is 16.3 Å². The van der Waals surface area contributed by atoms with E-state index in [1.165, 1.54) is 43.3 Å². The lowest BCUT2D eigenvalue weighted by molar-refractivity contribution is -0.137. The molecule has 2 rings (SSSR count). The summed E-state index contributed by atoms with van der Waals surface area (Å²) in [5.74, 6) is 0.367. The van der Waals surface area contributed by atoms with Gasteiger partial charge < -0.3 is 4.74 Å². The van der Waals surface area contributed by atoms with Crippen LogP contribution in [-0.2, 0) is 9.53 Å². The van der Waals surface area contributed by atoms with Crippen molar-refractivity contribution in [3.8, 4) is 0 Å². The van der Waals surface area contributed by atoms with Crippen molar-refractivity contribution >= 4 is 29.5 Å². The van der Waals surface area contributed by atoms with Crippen molar-refractivity contribution < 1.29 is 9.53 Å². The summed E-state index contributed by atoms with van der Waals surface area (Å²) in [6.45, 7) is 2.17. The molecule has 1 saturated carbocycles. The number of ether oxygens (including phenoxy) is 1. The Kier molecular flexibility index (Phi) is 6.30. The first-order valence-corrected chi connectivity index (χ1v) is 9.04. The molecule has 20 heavy (non-hydrogen) atoms. The molecule has 2 nitrogen and oxygen atoms in total. The first-order valence-electron chi connectivity index (χ1n) is 7.11. The number of hydrogen-bond donors (Lipinski definition) is 0. The molecular formula is C16H22O2S2. The molecule has 0 bridgehead atoms. The van der Waals surface area contributed by atoms with E-state index in [-0.39, 0.29) is 5.97 Å². The predicted octanol–water partition coefficient (Wildman–Crippen LogP) is 4.30. The van der Waals surface area contributed by atoms with Crippen LogP contribution in [0.25, 0.3) is 0 Å². The van der Waals surface area contributed by atoms with E-state index in [1.54, 1.807) is 11.8 Å². The molecular weight excluding hydrogens is 288 g/mol. The zero-order valence-electron chi connectivity index (χ0n) is 12.1. The molecule has 4 heteroatoms. The summed E-state index contributed by atoms with van der Waals surface area (Å²) in [5.41, 5.74) is 1.35. The van der Waals surface area contributed by atoms with Gasteiger partial charge in [-0.2, -0.15) is 0 Å². The number of carbonyl (C=O) groups excluding carboxylic acids is 1. The molecule has 0 radical (unpaired) electrons. The molecule has 1 aromatic rings. The number of aryl methyl sites for hydroxylation is 1. The molecule has 0 aromatic heterocycles. The molecule has 2 atom stereocenters. The standard InChI is InChI=1S/C16H22O2S2/c1-12-7-3-4-8-13(12)20-15-10-6-5-9-14(15)19-11-16(17)18-2/h3-4,7-8,14-15H,5-6,9-11H2,1-2H3. The van der Waals surface area contributed by atoms with Gasteiger partial charge in [-0.15, -0.1) is 23.5 Å². The SMILES string of the molecule is COC(=O)CSC1CCCCC1Sc1ccccc1C. The third-order valence-corrected chi connectivity index (χ3v) is 6.80. The van der Waals surface area contributed by atoms with Crippen LogP contribution < -0.4 is 0 Å². The lowest BCUT2D eigenvalue weighted by Gasteiger charge is -2.30. The Morgan fingerprint density at radius 2 is 1.95 bits per heavy atom. The van der Waals surface area contributed by atoms with Gasteiger partial charge in [0.15, 0.2) is 0 Å². The Morgan fingerprint density at radius 3 is 2.65 bits per heavy atom. The van der Waals surface area contributed by atoms with Crippen LogP contribution in [-0.4, -0.2) is 29.3 Å². The van der Waals surface area contributed by atoms with Crippen molar-refractivity contribution in [1.82, 2.24) is 0 Å². The highest BCUT2D eigenvalue weighted by Gasteiger charge is 2.27. The normalized spacial score (nSPS) is 22.5. The average molecular weight is 310 g/mol. The highest BCUT2D eigenvalue weighted by molar-refractivity contribution is 8.04. The Balaban J connectivity index is 1.96. The fourth-order valence-corrected chi connectivity index (χ4v) is 5.34. The van der Waals surface area contributed by atoms with E-state index in [9.17, 15) is 4.79 Å². The third-order valence-electron chi connectivity index (χ3n) is 3.66. The number of hydrogen-bond acceptors (Lipinski definition) is 4. The molecule has 1 aliphatic carbocycles. The maximum absolute atomic E-state index is 11.3. The van der Waals surface area contributed by atoms with E-state index in [2.05, 4.69) is 31.2 Å². The molecule has 0 N–H and O–H groups in total. The largest absolute Gasteiger partial charge is 0.468 e. The van der Waals surface area contributed by atoms with Crippen LogP contribution in [0.3, 0.4) is 0 Å². The monoisotopic (exact) mass is 310 g/mol. The van der Waals surface area contributed by atoms with Crippen LogP contribution in [0.15, 0.2) is 29.2 Å². The molecule has 0 amide bonds. The summed E-state index contributed by atoms with van der Waals surface area (Å²) in [4.78, 5) is 12.7. The molecule has 110 valence electrons. The van der Waals surface area contributed by atoms with E-state index in [1.807, 2.05) is 11.8 Å². The second-order valence-corrected chi connectivity index (χ2v) is 7.64. The summed E-state index contributed by atoms with van der Waals surface area (Å²) in [5, 5.41) is 1.17. The molecule has 0 aliphatic heterocycles. The first-order chi connectivity index (χ1) is 9.70. The Labute approximate surface area is 130 Å². The molecule has 1 aliphatic rings. The minimum absolute atomic E-state index is 0.111. The fraction of sp³-hybridized carbons (Fsp3) is 0.562. The van der Waals surface area contributed by atoms with E-state index in [4.69, 9.17) is 4.74 Å². The summed E-state index contributed by atoms with van der Waals surface area (Å²) < 4.78 is 4.75. The Hall–Kier alpha value is -0.610. The highest BCUT2D eigenvalue weighted by Crippen LogP contribution is 2.40. The average Bonchev–Trinajstić information content (AvgIpc) is 2.48. The quantitative estimate of drug-likeness (QED) is 0.757. The smallest absolute Gasteiger partial charge is 0.315 e. The Morgan fingerprint density at radius 1 is 1.25 bits per heavy atom. The van der Waals surface area contributed by atoms with Crippen LogP contribution in [0.2, 0.25) is 0 Å². The molecule has 2 unspecified atom stereocenters. The van der Waals surface area contributed by atoms with E-state index >= 15 is 0 Å². The molecule has 0 heterocycles. The first kappa shape index (κ1) is 15.8. The van der Waals surface area contributed by atoms with Gasteiger partial charge in [0.1, 0.15) is 0 Å². The van der Waals surface area contributed by atoms with Gasteiger partial charge in [0.05, 0.1) is 12.9 Å². The van der Waals surface area contributed by atoms with Crippen LogP contribution in [0.1, 0.15) is 31.2 Å². The van der Waals surface area contributed by atoms with Gasteiger partial charge in [-0.25, -0.2) is 0 Å². The number of esters is 1. The van der Waals surface area contributed by atoms with E-state index < -0.39 is 0 Å².